The Hall–Kier alpha value is -0.530. The molecule has 0 heterocycles. The minimum absolute atomic E-state index is 0.211. The zero-order valence-corrected chi connectivity index (χ0v) is 38.0. The molecule has 0 unspecified atom stereocenters. The summed E-state index contributed by atoms with van der Waals surface area (Å²) in [5.74, 6) is -0.211. The molecular weight excluding hydrogens is 657 g/mol. The first-order chi connectivity index (χ1) is 26.8. The molecular formula is C52H104O2. The van der Waals surface area contributed by atoms with E-state index >= 15 is 0 Å². The number of esters is 1. The highest BCUT2D eigenvalue weighted by molar-refractivity contribution is 5.65. The number of hydrogen-bond donors (Lipinski definition) is 0. The maximum absolute atomic E-state index is 9.82. The van der Waals surface area contributed by atoms with Gasteiger partial charge in [-0.15, -0.1) is 0 Å². The van der Waals surface area contributed by atoms with Crippen LogP contribution in [0.25, 0.3) is 0 Å². The van der Waals surface area contributed by atoms with E-state index in [4.69, 9.17) is 0 Å². The highest BCUT2D eigenvalue weighted by atomic mass is 16.5. The van der Waals surface area contributed by atoms with Crippen LogP contribution in [0, 0.1) is 0 Å². The Balaban J connectivity index is 0.000000585. The fourth-order valence-electron chi connectivity index (χ4n) is 8.69. The summed E-state index contributed by atoms with van der Waals surface area (Å²) in [5.41, 5.74) is 0. The summed E-state index contributed by atoms with van der Waals surface area (Å²) in [4.78, 5) is 9.82. The Bertz CT molecular complexity index is 391. The molecule has 324 valence electrons. The van der Waals surface area contributed by atoms with Crippen molar-refractivity contribution < 1.29 is 9.53 Å². The van der Waals surface area contributed by atoms with Gasteiger partial charge < -0.3 is 4.74 Å². The minimum atomic E-state index is -0.211. The van der Waals surface area contributed by atoms with E-state index in [1.165, 1.54) is 315 Å². The molecule has 2 nitrogen and oxygen atoms in total. The number of carbonyl (C=O) groups excluding carboxylic acids is 1. The van der Waals surface area contributed by atoms with Gasteiger partial charge in [0.1, 0.15) is 0 Å². The Labute approximate surface area is 343 Å². The predicted molar refractivity (Wildman–Crippen MR) is 244 cm³/mol. The lowest BCUT2D eigenvalue weighted by molar-refractivity contribution is -0.140. The van der Waals surface area contributed by atoms with E-state index in [0.717, 1.165) is 0 Å². The van der Waals surface area contributed by atoms with Gasteiger partial charge >= 0.3 is 5.97 Å². The molecule has 0 saturated heterocycles. The third-order valence-corrected chi connectivity index (χ3v) is 12.3. The third-order valence-electron chi connectivity index (χ3n) is 12.3. The number of ether oxygens (including phenoxy) is 1. The van der Waals surface area contributed by atoms with Gasteiger partial charge in [-0.2, -0.15) is 0 Å². The summed E-state index contributed by atoms with van der Waals surface area (Å²) in [5, 5.41) is 0. The van der Waals surface area contributed by atoms with Crippen molar-refractivity contribution >= 4 is 5.97 Å². The van der Waals surface area contributed by atoms with Gasteiger partial charge in [-0.3, -0.25) is 4.79 Å². The zero-order chi connectivity index (χ0) is 38.9. The van der Waals surface area contributed by atoms with E-state index in [-0.39, 0.29) is 5.97 Å². The molecule has 0 atom stereocenters. The molecule has 54 heavy (non-hydrogen) atoms. The molecule has 8 aliphatic carbocycles. The molecule has 2 heteroatoms. The molecule has 0 amide bonds. The van der Waals surface area contributed by atoms with E-state index < -0.39 is 0 Å². The van der Waals surface area contributed by atoms with Gasteiger partial charge in [0, 0.05) is 6.92 Å². The summed E-state index contributed by atoms with van der Waals surface area (Å²) in [6, 6.07) is 0. The Morgan fingerprint density at radius 1 is 0.241 bits per heavy atom. The van der Waals surface area contributed by atoms with Crippen molar-refractivity contribution in [1.82, 2.24) is 0 Å². The number of hydrogen-bond acceptors (Lipinski definition) is 2. The van der Waals surface area contributed by atoms with E-state index in [9.17, 15) is 4.79 Å². The van der Waals surface area contributed by atoms with Crippen LogP contribution < -0.4 is 0 Å². The molecule has 0 N–H and O–H groups in total. The van der Waals surface area contributed by atoms with Gasteiger partial charge in [-0.1, -0.05) is 308 Å². The number of rotatable bonds is 1. The normalized spacial score (nSPS) is 22.2. The van der Waals surface area contributed by atoms with Crippen LogP contribution in [0.3, 0.4) is 0 Å². The highest BCUT2D eigenvalue weighted by Gasteiger charge is 1.99. The van der Waals surface area contributed by atoms with Crippen molar-refractivity contribution in [2.24, 2.45) is 0 Å². The van der Waals surface area contributed by atoms with Crippen molar-refractivity contribution in [3.63, 3.8) is 0 Å². The lowest BCUT2D eigenvalue weighted by atomic mass is 10.0. The monoisotopic (exact) mass is 761 g/mol. The molecule has 0 spiro atoms. The van der Waals surface area contributed by atoms with Crippen LogP contribution in [0.4, 0.5) is 0 Å². The maximum Gasteiger partial charge on any atom is 0.302 e. The molecule has 0 radical (unpaired) electrons. The van der Waals surface area contributed by atoms with Crippen molar-refractivity contribution in [1.29, 1.82) is 0 Å². The lowest BCUT2D eigenvalue weighted by Crippen LogP contribution is -1.95. The third kappa shape index (κ3) is 51.5. The average Bonchev–Trinajstić information content (AvgIpc) is 3.30. The van der Waals surface area contributed by atoms with E-state index in [1.807, 2.05) is 0 Å². The van der Waals surface area contributed by atoms with Crippen LogP contribution in [0.2, 0.25) is 0 Å². The van der Waals surface area contributed by atoms with Gasteiger partial charge in [-0.25, -0.2) is 0 Å². The quantitative estimate of drug-likeness (QED) is 0.249. The van der Waals surface area contributed by atoms with Crippen LogP contribution in [0.1, 0.15) is 322 Å². The molecule has 0 aromatic heterocycles. The molecule has 0 bridgehead atoms. The van der Waals surface area contributed by atoms with Crippen molar-refractivity contribution in [2.45, 2.75) is 322 Å². The SMILES string of the molecule is C1CCCCC1.C1CCCCC1.C1CCCCC1.C1CCCCC1.C1CCCCC1.C1CCCCC1.C1CCCCC1.C1CCCCC1.CCOC(C)=O. The van der Waals surface area contributed by atoms with Crippen LogP contribution in [0.5, 0.6) is 0 Å². The Morgan fingerprint density at radius 2 is 0.315 bits per heavy atom. The summed E-state index contributed by atoms with van der Waals surface area (Å²) < 4.78 is 4.40. The van der Waals surface area contributed by atoms with Crippen molar-refractivity contribution in [2.75, 3.05) is 6.61 Å². The molecule has 0 aliphatic heterocycles. The second-order valence-corrected chi connectivity index (χ2v) is 17.9. The van der Waals surface area contributed by atoms with Gasteiger partial charge in [0.15, 0.2) is 0 Å². The van der Waals surface area contributed by atoms with Gasteiger partial charge in [0.25, 0.3) is 0 Å². The van der Waals surface area contributed by atoms with Gasteiger partial charge in [0.2, 0.25) is 0 Å². The lowest BCUT2D eigenvalue weighted by Gasteiger charge is -2.05. The molecule has 0 aromatic carbocycles. The van der Waals surface area contributed by atoms with Crippen LogP contribution in [-0.4, -0.2) is 12.6 Å². The fraction of sp³-hybridized carbons (Fsp3) is 0.981. The molecule has 8 rings (SSSR count). The van der Waals surface area contributed by atoms with E-state index in [0.29, 0.717) is 6.61 Å². The second kappa shape index (κ2) is 50.5. The largest absolute Gasteiger partial charge is 0.466 e. The summed E-state index contributed by atoms with van der Waals surface area (Å²) in [7, 11) is 0. The first-order valence-corrected chi connectivity index (χ1v) is 25.9. The maximum atomic E-state index is 9.82. The Morgan fingerprint density at radius 3 is 0.333 bits per heavy atom. The minimum Gasteiger partial charge on any atom is -0.466 e. The van der Waals surface area contributed by atoms with Crippen LogP contribution in [-0.2, 0) is 9.53 Å². The summed E-state index contributed by atoms with van der Waals surface area (Å²) in [6.07, 6.45) is 72.0. The second-order valence-electron chi connectivity index (χ2n) is 17.9. The van der Waals surface area contributed by atoms with E-state index in [2.05, 4.69) is 4.74 Å². The molecule has 8 fully saturated rings. The van der Waals surface area contributed by atoms with Crippen molar-refractivity contribution in [3.05, 3.63) is 0 Å². The zero-order valence-electron chi connectivity index (χ0n) is 38.0. The standard InChI is InChI=1S/8C6H12.C4H8O2/c8*1-2-4-6-5-3-1;1-3-6-4(2)5/h8*1-6H2;3H2,1-2H3. The summed E-state index contributed by atoms with van der Waals surface area (Å²) in [6.45, 7) is 3.65. The van der Waals surface area contributed by atoms with Crippen LogP contribution >= 0.6 is 0 Å². The molecule has 8 saturated carbocycles. The highest BCUT2D eigenvalue weighted by Crippen LogP contribution is 2.19. The Kier molecular flexibility index (Phi) is 50.0. The van der Waals surface area contributed by atoms with Gasteiger partial charge in [-0.05, 0) is 6.92 Å². The smallest absolute Gasteiger partial charge is 0.302 e. The van der Waals surface area contributed by atoms with E-state index in [1.54, 1.807) is 6.92 Å². The first-order valence-electron chi connectivity index (χ1n) is 25.9. The average molecular weight is 761 g/mol. The van der Waals surface area contributed by atoms with Crippen molar-refractivity contribution in [3.8, 4) is 0 Å². The molecule has 0 aromatic rings. The number of carbonyl (C=O) groups is 1. The first kappa shape index (κ1) is 53.5. The topological polar surface area (TPSA) is 26.3 Å². The van der Waals surface area contributed by atoms with Gasteiger partial charge in [0.05, 0.1) is 6.61 Å². The fourth-order valence-corrected chi connectivity index (χ4v) is 8.69. The summed E-state index contributed by atoms with van der Waals surface area (Å²) >= 11 is 0. The molecule has 8 aliphatic rings. The predicted octanol–water partition coefficient (Wildman–Crippen LogP) is 19.3. The van der Waals surface area contributed by atoms with Crippen LogP contribution in [0.15, 0.2) is 0 Å².